The monoisotopic (exact) mass is 700 g/mol. The van der Waals surface area contributed by atoms with Crippen LogP contribution in [0.25, 0.3) is 11.4 Å². The van der Waals surface area contributed by atoms with E-state index in [1.807, 2.05) is 0 Å². The van der Waals surface area contributed by atoms with Crippen molar-refractivity contribution in [3.63, 3.8) is 0 Å². The van der Waals surface area contributed by atoms with Gasteiger partial charge in [-0.1, -0.05) is 125 Å². The summed E-state index contributed by atoms with van der Waals surface area (Å²) in [5.74, 6) is 0.655. The molecule has 10 rings (SSSR count). The second-order valence-electron chi connectivity index (χ2n) is 15.4. The highest BCUT2D eigenvalue weighted by Gasteiger charge is 2.38. The Morgan fingerprint density at radius 1 is 0.481 bits per heavy atom. The van der Waals surface area contributed by atoms with E-state index in [0.29, 0.717) is 5.84 Å². The largest absolute Gasteiger partial charge is 0.355 e. The Hall–Kier alpha value is -6.53. The number of nitrogens with one attached hydrogen (secondary N) is 1. The lowest BCUT2D eigenvalue weighted by Crippen LogP contribution is -2.38. The predicted molar refractivity (Wildman–Crippen MR) is 225 cm³/mol. The first-order valence-electron chi connectivity index (χ1n) is 18.6. The summed E-state index contributed by atoms with van der Waals surface area (Å²) in [5, 5.41) is 3.69. The van der Waals surface area contributed by atoms with Crippen LogP contribution in [0.3, 0.4) is 0 Å². The number of rotatable bonds is 4. The summed E-state index contributed by atoms with van der Waals surface area (Å²) in [7, 11) is 0. The van der Waals surface area contributed by atoms with E-state index >= 15 is 0 Å². The molecule has 1 N–H and O–H groups in total. The zero-order chi connectivity index (χ0) is 36.6. The van der Waals surface area contributed by atoms with Gasteiger partial charge in [0.2, 0.25) is 0 Å². The molecule has 6 aromatic carbocycles. The van der Waals surface area contributed by atoms with Crippen LogP contribution in [0, 0.1) is 0 Å². The molecule has 4 heterocycles. The Kier molecular flexibility index (Phi) is 7.15. The number of aliphatic imine (C=N–C) groups is 3. The maximum atomic E-state index is 5.15. The number of anilines is 6. The minimum atomic E-state index is -0.347. The molecule has 6 heteroatoms. The SMILES string of the molecule is CC1(C)c2ccccc2N(c2ccc(C3=C(c4ccc(N5c6ccccc6C(C)(C)c6ccccc65)cc4)NC4N=CC=NC4=N3)cc2)c2ccccc21. The summed E-state index contributed by atoms with van der Waals surface area (Å²) in [6, 6.07) is 52.6. The molecule has 54 heavy (non-hydrogen) atoms. The van der Waals surface area contributed by atoms with Gasteiger partial charge in [-0.25, -0.2) is 9.98 Å². The summed E-state index contributed by atoms with van der Waals surface area (Å²) in [4.78, 5) is 19.2. The molecule has 0 spiro atoms. The van der Waals surface area contributed by atoms with E-state index in [1.165, 1.54) is 45.0 Å². The molecule has 0 saturated heterocycles. The first-order chi connectivity index (χ1) is 26.3. The number of hydrogen-bond acceptors (Lipinski definition) is 6. The van der Waals surface area contributed by atoms with E-state index < -0.39 is 0 Å². The van der Waals surface area contributed by atoms with Crippen molar-refractivity contribution in [3.8, 4) is 0 Å². The van der Waals surface area contributed by atoms with Gasteiger partial charge in [0, 0.05) is 45.8 Å². The van der Waals surface area contributed by atoms with Gasteiger partial charge in [-0.3, -0.25) is 4.99 Å². The second-order valence-corrected chi connectivity index (χ2v) is 15.4. The van der Waals surface area contributed by atoms with Crippen molar-refractivity contribution in [2.24, 2.45) is 15.0 Å². The van der Waals surface area contributed by atoms with Gasteiger partial charge in [-0.05, 0) is 70.8 Å². The molecule has 0 saturated carbocycles. The van der Waals surface area contributed by atoms with Gasteiger partial charge in [0.25, 0.3) is 0 Å². The van der Waals surface area contributed by atoms with Gasteiger partial charge in [-0.2, -0.15) is 0 Å². The molecule has 1 unspecified atom stereocenters. The highest BCUT2D eigenvalue weighted by Crippen LogP contribution is 2.53. The Balaban J connectivity index is 1.06. The summed E-state index contributed by atoms with van der Waals surface area (Å²) in [6.07, 6.45) is 3.10. The molecule has 0 aliphatic carbocycles. The Bertz CT molecular complexity index is 2490. The molecule has 0 aromatic heterocycles. The topological polar surface area (TPSA) is 55.6 Å². The van der Waals surface area contributed by atoms with E-state index in [1.54, 1.807) is 12.4 Å². The number of benzene rings is 6. The maximum absolute atomic E-state index is 5.15. The first-order valence-corrected chi connectivity index (χ1v) is 18.6. The fraction of sp³-hybridized carbons (Fsp3) is 0.146. The summed E-state index contributed by atoms with van der Waals surface area (Å²) in [5.41, 5.74) is 15.8. The first kappa shape index (κ1) is 32.1. The van der Waals surface area contributed by atoms with Crippen LogP contribution in [0.1, 0.15) is 61.1 Å². The molecule has 0 amide bonds. The zero-order valence-corrected chi connectivity index (χ0v) is 30.8. The highest BCUT2D eigenvalue weighted by molar-refractivity contribution is 6.23. The van der Waals surface area contributed by atoms with Crippen LogP contribution in [0.4, 0.5) is 34.1 Å². The third-order valence-corrected chi connectivity index (χ3v) is 11.6. The van der Waals surface area contributed by atoms with Crippen molar-refractivity contribution in [2.75, 3.05) is 9.80 Å². The van der Waals surface area contributed by atoms with Crippen molar-refractivity contribution >= 4 is 63.8 Å². The molecule has 262 valence electrons. The third kappa shape index (κ3) is 4.83. The second kappa shape index (κ2) is 12.0. The van der Waals surface area contributed by atoms with E-state index in [4.69, 9.17) is 4.99 Å². The van der Waals surface area contributed by atoms with E-state index in [-0.39, 0.29) is 17.0 Å². The van der Waals surface area contributed by atoms with Crippen LogP contribution in [0.15, 0.2) is 161 Å². The average Bonchev–Trinajstić information content (AvgIpc) is 3.21. The molecular formula is C48H40N6. The van der Waals surface area contributed by atoms with Crippen LogP contribution in [-0.2, 0) is 10.8 Å². The lowest BCUT2D eigenvalue weighted by molar-refractivity contribution is 0.631. The van der Waals surface area contributed by atoms with Crippen LogP contribution in [-0.4, -0.2) is 24.4 Å². The minimum Gasteiger partial charge on any atom is -0.355 e. The Morgan fingerprint density at radius 3 is 1.33 bits per heavy atom. The zero-order valence-electron chi connectivity index (χ0n) is 30.8. The normalized spacial score (nSPS) is 18.4. The molecule has 0 fully saturated rings. The molecular weight excluding hydrogens is 661 g/mol. The quantitative estimate of drug-likeness (QED) is 0.199. The minimum absolute atomic E-state index is 0.110. The maximum Gasteiger partial charge on any atom is 0.179 e. The van der Waals surface area contributed by atoms with Crippen molar-refractivity contribution in [3.05, 3.63) is 179 Å². The fourth-order valence-electron chi connectivity index (χ4n) is 8.81. The van der Waals surface area contributed by atoms with Crippen molar-refractivity contribution < 1.29 is 0 Å². The third-order valence-electron chi connectivity index (χ3n) is 11.6. The number of nitrogens with zero attached hydrogens (tertiary/aromatic N) is 5. The van der Waals surface area contributed by atoms with Gasteiger partial charge in [0.1, 0.15) is 0 Å². The van der Waals surface area contributed by atoms with E-state index in [9.17, 15) is 0 Å². The molecule has 4 aliphatic heterocycles. The van der Waals surface area contributed by atoms with Gasteiger partial charge >= 0.3 is 0 Å². The molecule has 0 radical (unpaired) electrons. The number of para-hydroxylation sites is 4. The smallest absolute Gasteiger partial charge is 0.179 e. The van der Waals surface area contributed by atoms with Gasteiger partial charge in [-0.15, -0.1) is 0 Å². The fourth-order valence-corrected chi connectivity index (χ4v) is 8.81. The van der Waals surface area contributed by atoms with Gasteiger partial charge in [0.15, 0.2) is 12.0 Å². The number of hydrogen-bond donors (Lipinski definition) is 1. The molecule has 1 atom stereocenters. The Labute approximate surface area is 316 Å². The lowest BCUT2D eigenvalue weighted by Gasteiger charge is -2.42. The van der Waals surface area contributed by atoms with Crippen LogP contribution in [0.5, 0.6) is 0 Å². The highest BCUT2D eigenvalue weighted by atomic mass is 15.2. The van der Waals surface area contributed by atoms with Crippen molar-refractivity contribution in [1.29, 1.82) is 0 Å². The molecule has 6 aromatic rings. The summed E-state index contributed by atoms with van der Waals surface area (Å²) >= 11 is 0. The van der Waals surface area contributed by atoms with E-state index in [0.717, 1.165) is 33.9 Å². The molecule has 6 nitrogen and oxygen atoms in total. The van der Waals surface area contributed by atoms with Crippen LogP contribution >= 0.6 is 0 Å². The van der Waals surface area contributed by atoms with Crippen LogP contribution in [0.2, 0.25) is 0 Å². The molecule has 0 bridgehead atoms. The summed E-state index contributed by atoms with van der Waals surface area (Å²) < 4.78 is 0. The number of fused-ring (bicyclic) bond motifs is 5. The number of amidine groups is 1. The molecule has 4 aliphatic rings. The standard InChI is InChI=1S/C48H40N6/c1-47(2)35-13-5-9-17-39(35)53(40-18-10-6-14-36(40)47)33-25-21-31(22-26-33)43-44(52-46-45(51-43)49-29-30-50-46)32-23-27-34(28-24-32)54-41-19-11-7-15-37(41)48(3,4)38-16-8-12-20-42(38)54/h5-30,45,51H,1-4H3. The van der Waals surface area contributed by atoms with Crippen LogP contribution < -0.4 is 15.1 Å². The van der Waals surface area contributed by atoms with Gasteiger partial charge in [0.05, 0.1) is 34.1 Å². The van der Waals surface area contributed by atoms with Crippen molar-refractivity contribution in [1.82, 2.24) is 5.32 Å². The van der Waals surface area contributed by atoms with Gasteiger partial charge < -0.3 is 15.1 Å². The van der Waals surface area contributed by atoms with E-state index in [2.05, 4.69) is 198 Å². The lowest BCUT2D eigenvalue weighted by atomic mass is 9.73. The average molecular weight is 701 g/mol. The summed E-state index contributed by atoms with van der Waals surface area (Å²) in [6.45, 7) is 9.27. The Morgan fingerprint density at radius 2 is 0.889 bits per heavy atom. The predicted octanol–water partition coefficient (Wildman–Crippen LogP) is 11.2. The van der Waals surface area contributed by atoms with Crippen molar-refractivity contribution in [2.45, 2.75) is 44.7 Å².